The predicted molar refractivity (Wildman–Crippen MR) is 36.5 cm³/mol. The van der Waals surface area contributed by atoms with Crippen molar-refractivity contribution >= 4 is 13.1 Å². The zero-order chi connectivity index (χ0) is 8.58. The van der Waals surface area contributed by atoms with E-state index in [4.69, 9.17) is 9.79 Å². The molecule has 0 aromatic carbocycles. The number of carbonyl (C=O) groups excluding carboxylic acids is 1. The highest BCUT2D eigenvalue weighted by atomic mass is 31.2. The maximum atomic E-state index is 10.7. The van der Waals surface area contributed by atoms with Gasteiger partial charge in [0.25, 0.3) is 0 Å². The van der Waals surface area contributed by atoms with E-state index in [-0.39, 0.29) is 0 Å². The highest BCUT2D eigenvalue weighted by Crippen LogP contribution is 2.43. The van der Waals surface area contributed by atoms with Gasteiger partial charge in [0, 0.05) is 5.41 Å². The minimum absolute atomic E-state index is 0.959. The molecule has 0 spiro atoms. The summed E-state index contributed by atoms with van der Waals surface area (Å²) in [5, 5.41) is 0. The molecule has 0 heterocycles. The summed E-state index contributed by atoms with van der Waals surface area (Å²) in [5.74, 6) is 0. The Bertz CT molecular complexity index is 184. The van der Waals surface area contributed by atoms with Crippen LogP contribution in [0.1, 0.15) is 20.8 Å². The molecule has 4 nitrogen and oxygen atoms in total. The van der Waals surface area contributed by atoms with Crippen LogP contribution in [-0.4, -0.2) is 15.3 Å². The van der Waals surface area contributed by atoms with E-state index in [0.29, 0.717) is 0 Å². The van der Waals surface area contributed by atoms with Crippen LogP contribution in [0.15, 0.2) is 0 Å². The Morgan fingerprint density at radius 1 is 1.30 bits per heavy atom. The van der Waals surface area contributed by atoms with E-state index in [1.807, 2.05) is 0 Å². The Labute approximate surface area is 59.4 Å². The van der Waals surface area contributed by atoms with Gasteiger partial charge in [-0.15, -0.1) is 0 Å². The van der Waals surface area contributed by atoms with Gasteiger partial charge in [0.2, 0.25) is 5.52 Å². The molecule has 60 valence electrons. The van der Waals surface area contributed by atoms with Crippen molar-refractivity contribution < 1.29 is 19.1 Å². The molecule has 0 aromatic rings. The lowest BCUT2D eigenvalue weighted by Gasteiger charge is -2.16. The lowest BCUT2D eigenvalue weighted by Crippen LogP contribution is -2.19. The van der Waals surface area contributed by atoms with E-state index in [1.165, 1.54) is 20.8 Å². The third-order valence-corrected chi connectivity index (χ3v) is 2.11. The van der Waals surface area contributed by atoms with Gasteiger partial charge in [-0.25, -0.2) is 0 Å². The SMILES string of the molecule is CC(C)(C)C(=O)P(=O)(O)O. The summed E-state index contributed by atoms with van der Waals surface area (Å²) in [6, 6.07) is 0. The largest absolute Gasteiger partial charge is 0.392 e. The van der Waals surface area contributed by atoms with Crippen molar-refractivity contribution in [3.63, 3.8) is 0 Å². The highest BCUT2D eigenvalue weighted by molar-refractivity contribution is 7.70. The third kappa shape index (κ3) is 2.60. The van der Waals surface area contributed by atoms with Crippen LogP contribution in [0.2, 0.25) is 0 Å². The molecule has 0 aliphatic carbocycles. The molecule has 0 fully saturated rings. The monoisotopic (exact) mass is 166 g/mol. The van der Waals surface area contributed by atoms with Crippen LogP contribution in [0.4, 0.5) is 0 Å². The van der Waals surface area contributed by atoms with Crippen LogP contribution in [0.5, 0.6) is 0 Å². The fourth-order valence-electron chi connectivity index (χ4n) is 0.437. The van der Waals surface area contributed by atoms with E-state index in [1.54, 1.807) is 0 Å². The molecule has 2 N–H and O–H groups in total. The Hall–Kier alpha value is -0.180. The lowest BCUT2D eigenvalue weighted by atomic mass is 10.00. The Morgan fingerprint density at radius 3 is 1.60 bits per heavy atom. The van der Waals surface area contributed by atoms with Gasteiger partial charge in [0.1, 0.15) is 0 Å². The maximum Gasteiger partial charge on any atom is 0.392 e. The average Bonchev–Trinajstić information content (AvgIpc) is 1.59. The Kier molecular flexibility index (Phi) is 2.41. The van der Waals surface area contributed by atoms with Crippen LogP contribution < -0.4 is 0 Å². The second-order valence-corrected chi connectivity index (χ2v) is 4.59. The Morgan fingerprint density at radius 2 is 1.60 bits per heavy atom. The minimum Gasteiger partial charge on any atom is -0.319 e. The zero-order valence-corrected chi connectivity index (χ0v) is 7.05. The van der Waals surface area contributed by atoms with Gasteiger partial charge < -0.3 is 9.79 Å². The molecular weight excluding hydrogens is 155 g/mol. The van der Waals surface area contributed by atoms with Crippen molar-refractivity contribution in [2.24, 2.45) is 5.41 Å². The molecule has 0 aliphatic heterocycles. The molecule has 5 heteroatoms. The molecule has 0 radical (unpaired) electrons. The van der Waals surface area contributed by atoms with Gasteiger partial charge in [0.15, 0.2) is 0 Å². The lowest BCUT2D eigenvalue weighted by molar-refractivity contribution is -0.120. The van der Waals surface area contributed by atoms with Crippen molar-refractivity contribution in [3.05, 3.63) is 0 Å². The van der Waals surface area contributed by atoms with Crippen molar-refractivity contribution in [1.82, 2.24) is 0 Å². The zero-order valence-electron chi connectivity index (χ0n) is 6.16. The van der Waals surface area contributed by atoms with E-state index in [2.05, 4.69) is 0 Å². The van der Waals surface area contributed by atoms with Gasteiger partial charge in [-0.3, -0.25) is 9.36 Å². The van der Waals surface area contributed by atoms with Crippen molar-refractivity contribution in [3.8, 4) is 0 Å². The first-order valence-electron chi connectivity index (χ1n) is 2.76. The second-order valence-electron chi connectivity index (χ2n) is 3.10. The summed E-state index contributed by atoms with van der Waals surface area (Å²) in [6.45, 7) is 4.40. The molecule has 0 saturated heterocycles. The predicted octanol–water partition coefficient (Wildman–Crippen LogP) is 0.737. The van der Waals surface area contributed by atoms with Gasteiger partial charge >= 0.3 is 7.60 Å². The Balaban J connectivity index is 4.57. The van der Waals surface area contributed by atoms with Crippen LogP contribution in [0.3, 0.4) is 0 Å². The van der Waals surface area contributed by atoms with Crippen LogP contribution in [0.25, 0.3) is 0 Å². The molecule has 10 heavy (non-hydrogen) atoms. The molecule has 0 amide bonds. The average molecular weight is 166 g/mol. The highest BCUT2D eigenvalue weighted by Gasteiger charge is 2.36. The summed E-state index contributed by atoms with van der Waals surface area (Å²) < 4.78 is 10.3. The van der Waals surface area contributed by atoms with Crippen molar-refractivity contribution in [2.45, 2.75) is 20.8 Å². The first kappa shape index (κ1) is 9.82. The molecule has 0 unspecified atom stereocenters. The number of hydrogen-bond donors (Lipinski definition) is 2. The van der Waals surface area contributed by atoms with Gasteiger partial charge in [-0.1, -0.05) is 20.8 Å². The molecular formula is C5H11O4P. The standard InChI is InChI=1S/C5H11O4P/c1-5(2,3)4(6)10(7,8)9/h1-3H3,(H2,7,8,9). The van der Waals surface area contributed by atoms with Crippen LogP contribution in [-0.2, 0) is 9.36 Å². The number of rotatable bonds is 1. The van der Waals surface area contributed by atoms with E-state index < -0.39 is 18.5 Å². The quantitative estimate of drug-likeness (QED) is 0.563. The molecule has 0 aromatic heterocycles. The maximum absolute atomic E-state index is 10.7. The van der Waals surface area contributed by atoms with Crippen molar-refractivity contribution in [1.29, 1.82) is 0 Å². The summed E-state index contributed by atoms with van der Waals surface area (Å²) in [6.07, 6.45) is 0. The van der Waals surface area contributed by atoms with E-state index >= 15 is 0 Å². The molecule has 0 bridgehead atoms. The second kappa shape index (κ2) is 2.46. The molecule has 0 saturated carbocycles. The summed E-state index contributed by atoms with van der Waals surface area (Å²) >= 11 is 0. The van der Waals surface area contributed by atoms with Gasteiger partial charge in [-0.2, -0.15) is 0 Å². The van der Waals surface area contributed by atoms with E-state index in [9.17, 15) is 9.36 Å². The summed E-state index contributed by atoms with van der Waals surface area (Å²) in [5.41, 5.74) is -1.97. The van der Waals surface area contributed by atoms with Gasteiger partial charge in [-0.05, 0) is 0 Å². The number of carbonyl (C=O) groups is 1. The van der Waals surface area contributed by atoms with Crippen LogP contribution >= 0.6 is 7.60 Å². The fourth-order valence-corrected chi connectivity index (χ4v) is 1.31. The summed E-state index contributed by atoms with van der Waals surface area (Å²) in [4.78, 5) is 27.5. The minimum atomic E-state index is -4.52. The molecule has 0 atom stereocenters. The van der Waals surface area contributed by atoms with E-state index in [0.717, 1.165) is 0 Å². The van der Waals surface area contributed by atoms with Crippen molar-refractivity contribution in [2.75, 3.05) is 0 Å². The molecule has 0 aliphatic rings. The molecule has 0 rings (SSSR count). The summed E-state index contributed by atoms with van der Waals surface area (Å²) in [7, 11) is -4.52. The smallest absolute Gasteiger partial charge is 0.319 e. The first-order chi connectivity index (χ1) is 4.15. The van der Waals surface area contributed by atoms with Crippen LogP contribution in [0, 0.1) is 5.41 Å². The topological polar surface area (TPSA) is 74.6 Å². The normalized spacial score (nSPS) is 13.3. The third-order valence-electron chi connectivity index (χ3n) is 0.906. The first-order valence-corrected chi connectivity index (χ1v) is 4.37. The number of hydrogen-bond acceptors (Lipinski definition) is 2. The van der Waals surface area contributed by atoms with Gasteiger partial charge in [0.05, 0.1) is 0 Å². The fraction of sp³-hybridized carbons (Fsp3) is 0.800.